The van der Waals surface area contributed by atoms with E-state index in [0.717, 1.165) is 25.8 Å². The quantitative estimate of drug-likeness (QED) is 0.736. The topological polar surface area (TPSA) is 20.3 Å². The van der Waals surface area contributed by atoms with Gasteiger partial charge in [0.2, 0.25) is 0 Å². The van der Waals surface area contributed by atoms with Crippen molar-refractivity contribution >= 4 is 5.78 Å². The molecule has 0 spiro atoms. The first-order valence-corrected chi connectivity index (χ1v) is 8.21. The van der Waals surface area contributed by atoms with Crippen molar-refractivity contribution in [3.8, 4) is 0 Å². The summed E-state index contributed by atoms with van der Waals surface area (Å²) in [6, 6.07) is 11.9. The Kier molecular flexibility index (Phi) is 4.54. The summed E-state index contributed by atoms with van der Waals surface area (Å²) in [5, 5.41) is 0. The minimum Gasteiger partial charge on any atom is -0.299 e. The third-order valence-electron chi connectivity index (χ3n) is 5.14. The van der Waals surface area contributed by atoms with E-state index in [1.165, 1.54) is 18.4 Å². The Morgan fingerprint density at radius 2 is 1.86 bits per heavy atom. The molecule has 21 heavy (non-hydrogen) atoms. The van der Waals surface area contributed by atoms with E-state index in [0.29, 0.717) is 30.2 Å². The van der Waals surface area contributed by atoms with Gasteiger partial charge < -0.3 is 0 Å². The van der Waals surface area contributed by atoms with E-state index >= 15 is 0 Å². The molecule has 2 aliphatic heterocycles. The fourth-order valence-corrected chi connectivity index (χ4v) is 4.04. The maximum Gasteiger partial charge on any atom is 0.136 e. The lowest BCUT2D eigenvalue weighted by atomic mass is 9.85. The molecule has 0 amide bonds. The highest BCUT2D eigenvalue weighted by atomic mass is 16.1. The van der Waals surface area contributed by atoms with Crippen molar-refractivity contribution in [2.75, 3.05) is 0 Å². The predicted molar refractivity (Wildman–Crippen MR) is 86.0 cm³/mol. The molecular weight excluding hydrogens is 258 g/mol. The summed E-state index contributed by atoms with van der Waals surface area (Å²) in [7, 11) is 0. The number of piperidine rings is 1. The van der Waals surface area contributed by atoms with Crippen LogP contribution >= 0.6 is 0 Å². The van der Waals surface area contributed by atoms with E-state index in [1.807, 2.05) is 6.08 Å². The molecule has 2 aliphatic rings. The molecule has 2 unspecified atom stereocenters. The van der Waals surface area contributed by atoms with Crippen LogP contribution in [0.4, 0.5) is 0 Å². The smallest absolute Gasteiger partial charge is 0.136 e. The van der Waals surface area contributed by atoms with Crippen LogP contribution in [0, 0.1) is 5.92 Å². The van der Waals surface area contributed by atoms with Crippen LogP contribution in [-0.2, 0) is 11.3 Å². The fraction of sp³-hybridized carbons (Fsp3) is 0.526. The summed E-state index contributed by atoms with van der Waals surface area (Å²) in [4.78, 5) is 14.9. The number of rotatable bonds is 6. The largest absolute Gasteiger partial charge is 0.299 e. The van der Waals surface area contributed by atoms with Crippen molar-refractivity contribution < 1.29 is 4.79 Å². The molecule has 112 valence electrons. The van der Waals surface area contributed by atoms with E-state index in [4.69, 9.17) is 0 Å². The highest BCUT2D eigenvalue weighted by Gasteiger charge is 2.42. The second kappa shape index (κ2) is 6.57. The number of carbonyl (C=O) groups excluding carboxylic acids is 1. The average molecular weight is 283 g/mol. The zero-order valence-corrected chi connectivity index (χ0v) is 12.7. The third-order valence-corrected chi connectivity index (χ3v) is 5.14. The molecular formula is C19H25NO. The predicted octanol–water partition coefficient (Wildman–Crippen LogP) is 3.96. The maximum absolute atomic E-state index is 12.3. The second-order valence-corrected chi connectivity index (χ2v) is 6.50. The van der Waals surface area contributed by atoms with Gasteiger partial charge >= 0.3 is 0 Å². The first-order chi connectivity index (χ1) is 10.3. The van der Waals surface area contributed by atoms with Gasteiger partial charge in [-0.05, 0) is 37.7 Å². The lowest BCUT2D eigenvalue weighted by molar-refractivity contribution is -0.125. The molecule has 2 heteroatoms. The Morgan fingerprint density at radius 1 is 1.19 bits per heavy atom. The summed E-state index contributed by atoms with van der Waals surface area (Å²) in [6.07, 6.45) is 8.05. The number of ketones is 1. The fourth-order valence-electron chi connectivity index (χ4n) is 4.04. The van der Waals surface area contributed by atoms with Crippen LogP contribution < -0.4 is 0 Å². The summed E-state index contributed by atoms with van der Waals surface area (Å²) >= 11 is 0. The third kappa shape index (κ3) is 3.26. The van der Waals surface area contributed by atoms with Crippen molar-refractivity contribution in [1.29, 1.82) is 0 Å². The van der Waals surface area contributed by atoms with Gasteiger partial charge in [0.05, 0.1) is 0 Å². The number of hydrogen-bond donors (Lipinski definition) is 0. The highest BCUT2D eigenvalue weighted by Crippen LogP contribution is 2.40. The zero-order chi connectivity index (χ0) is 14.7. The van der Waals surface area contributed by atoms with Gasteiger partial charge in [0.1, 0.15) is 5.78 Å². The Balaban J connectivity index is 1.62. The van der Waals surface area contributed by atoms with Crippen LogP contribution in [-0.4, -0.2) is 22.8 Å². The van der Waals surface area contributed by atoms with Gasteiger partial charge in [0.15, 0.2) is 0 Å². The number of Topliss-reactive ketones (excluding diaryl/α,β-unsaturated/α-hetero) is 1. The molecule has 1 aromatic carbocycles. The Bertz CT molecular complexity index is 482. The summed E-state index contributed by atoms with van der Waals surface area (Å²) in [6.45, 7) is 4.76. The van der Waals surface area contributed by atoms with Crippen LogP contribution in [0.5, 0.6) is 0 Å². The number of benzene rings is 1. The van der Waals surface area contributed by atoms with Gasteiger partial charge in [-0.1, -0.05) is 36.4 Å². The second-order valence-electron chi connectivity index (χ2n) is 6.50. The van der Waals surface area contributed by atoms with E-state index in [-0.39, 0.29) is 0 Å². The van der Waals surface area contributed by atoms with Gasteiger partial charge in [0, 0.05) is 31.0 Å². The van der Waals surface area contributed by atoms with E-state index in [9.17, 15) is 4.79 Å². The lowest BCUT2D eigenvalue weighted by Gasteiger charge is -2.38. The number of hydrogen-bond acceptors (Lipinski definition) is 2. The number of fused-ring (bicyclic) bond motifs is 2. The van der Waals surface area contributed by atoms with Crippen LogP contribution in [0.25, 0.3) is 0 Å². The Labute approximate surface area is 127 Å². The van der Waals surface area contributed by atoms with Crippen molar-refractivity contribution in [3.05, 3.63) is 48.6 Å². The van der Waals surface area contributed by atoms with E-state index in [2.05, 4.69) is 41.8 Å². The number of allylic oxidation sites excluding steroid dienone is 1. The Hall–Kier alpha value is -1.41. The molecule has 1 aromatic rings. The molecule has 0 radical (unpaired) electrons. The summed E-state index contributed by atoms with van der Waals surface area (Å²) in [5.41, 5.74) is 1.39. The van der Waals surface area contributed by atoms with Gasteiger partial charge in [-0.15, -0.1) is 6.58 Å². The molecule has 2 bridgehead atoms. The molecule has 3 rings (SSSR count). The van der Waals surface area contributed by atoms with Crippen LogP contribution in [0.1, 0.15) is 44.1 Å². The van der Waals surface area contributed by atoms with Gasteiger partial charge in [-0.25, -0.2) is 0 Å². The molecule has 0 saturated carbocycles. The first kappa shape index (κ1) is 14.5. The minimum atomic E-state index is 0.300. The van der Waals surface area contributed by atoms with Gasteiger partial charge in [0.25, 0.3) is 0 Å². The molecule has 2 fully saturated rings. The molecule has 0 N–H and O–H groups in total. The van der Waals surface area contributed by atoms with Crippen molar-refractivity contribution in [3.63, 3.8) is 0 Å². The minimum absolute atomic E-state index is 0.300. The normalized spacial score (nSPS) is 28.5. The molecule has 2 heterocycles. The first-order valence-electron chi connectivity index (χ1n) is 8.21. The Morgan fingerprint density at radius 3 is 2.48 bits per heavy atom. The molecule has 2 saturated heterocycles. The van der Waals surface area contributed by atoms with Crippen molar-refractivity contribution in [2.24, 2.45) is 5.92 Å². The van der Waals surface area contributed by atoms with Crippen LogP contribution in [0.15, 0.2) is 43.0 Å². The maximum atomic E-state index is 12.3. The van der Waals surface area contributed by atoms with E-state index < -0.39 is 0 Å². The molecule has 0 aliphatic carbocycles. The monoisotopic (exact) mass is 283 g/mol. The number of carbonyl (C=O) groups is 1. The molecule has 0 aromatic heterocycles. The average Bonchev–Trinajstić information content (AvgIpc) is 2.75. The van der Waals surface area contributed by atoms with Crippen molar-refractivity contribution in [2.45, 2.75) is 57.2 Å². The van der Waals surface area contributed by atoms with Gasteiger partial charge in [-0.2, -0.15) is 0 Å². The SMILES string of the molecule is C=CCCC(=O)C1CC2CCC(C1)N2Cc1ccccc1. The number of nitrogens with zero attached hydrogens (tertiary/aromatic N) is 1. The van der Waals surface area contributed by atoms with Gasteiger partial charge in [-0.3, -0.25) is 9.69 Å². The van der Waals surface area contributed by atoms with Crippen LogP contribution in [0.2, 0.25) is 0 Å². The standard InChI is InChI=1S/C19H25NO/c1-2-3-9-19(21)16-12-17-10-11-18(13-16)20(17)14-15-7-5-4-6-8-15/h2,4-8,16-18H,1,3,9-14H2. The molecule has 2 atom stereocenters. The van der Waals surface area contributed by atoms with Crippen LogP contribution in [0.3, 0.4) is 0 Å². The zero-order valence-electron chi connectivity index (χ0n) is 12.7. The summed E-state index contributed by atoms with van der Waals surface area (Å²) in [5.74, 6) is 0.764. The lowest BCUT2D eigenvalue weighted by Crippen LogP contribution is -2.44. The van der Waals surface area contributed by atoms with Crippen molar-refractivity contribution in [1.82, 2.24) is 4.90 Å². The highest BCUT2D eigenvalue weighted by molar-refractivity contribution is 5.81. The summed E-state index contributed by atoms with van der Waals surface area (Å²) < 4.78 is 0. The van der Waals surface area contributed by atoms with E-state index in [1.54, 1.807) is 0 Å². The molecule has 2 nitrogen and oxygen atoms in total.